The molecule has 1 aromatic carbocycles. The Hall–Kier alpha value is -1.33. The average Bonchev–Trinajstić information content (AvgIpc) is 2.29. The van der Waals surface area contributed by atoms with Crippen LogP contribution >= 0.6 is 0 Å². The molecule has 18 heavy (non-hydrogen) atoms. The minimum absolute atomic E-state index is 0.0812. The quantitative estimate of drug-likeness (QED) is 0.810. The van der Waals surface area contributed by atoms with Crippen molar-refractivity contribution in [3.8, 4) is 6.07 Å². The smallest absolute Gasteiger partial charge is 0.0632 e. The van der Waals surface area contributed by atoms with Crippen LogP contribution in [0.3, 0.4) is 0 Å². The largest absolute Gasteiger partial charge is 0.376 e. The first-order valence-corrected chi connectivity index (χ1v) is 6.60. The van der Waals surface area contributed by atoms with Gasteiger partial charge in [0.2, 0.25) is 0 Å². The van der Waals surface area contributed by atoms with E-state index in [1.54, 1.807) is 0 Å². The van der Waals surface area contributed by atoms with Crippen molar-refractivity contribution in [1.29, 1.82) is 5.26 Å². The van der Waals surface area contributed by atoms with Crippen LogP contribution in [0.25, 0.3) is 0 Å². The normalized spacial score (nSPS) is 26.5. The van der Waals surface area contributed by atoms with Crippen LogP contribution in [-0.4, -0.2) is 12.2 Å². The lowest BCUT2D eigenvalue weighted by molar-refractivity contribution is -0.103. The number of hydrogen-bond donors (Lipinski definition) is 0. The van der Waals surface area contributed by atoms with Gasteiger partial charge in [0.1, 0.15) is 0 Å². The summed E-state index contributed by atoms with van der Waals surface area (Å²) in [5.41, 5.74) is 1.30. The van der Waals surface area contributed by atoms with Crippen molar-refractivity contribution >= 4 is 0 Å². The van der Waals surface area contributed by atoms with Crippen LogP contribution in [0, 0.1) is 16.7 Å². The van der Waals surface area contributed by atoms with Crippen LogP contribution in [0.5, 0.6) is 0 Å². The lowest BCUT2D eigenvalue weighted by atomic mass is 9.68. The lowest BCUT2D eigenvalue weighted by Crippen LogP contribution is -2.42. The SMILES string of the molecule is CC1(C)C[C@@](CC#N)(Cc2ccccc2)CCO1. The molecular weight excluding hydrogens is 222 g/mol. The zero-order chi connectivity index (χ0) is 13.1. The lowest BCUT2D eigenvalue weighted by Gasteiger charge is -2.44. The molecule has 0 radical (unpaired) electrons. The molecule has 0 aliphatic carbocycles. The van der Waals surface area contributed by atoms with Crippen molar-refractivity contribution in [2.75, 3.05) is 6.61 Å². The van der Waals surface area contributed by atoms with Gasteiger partial charge in [0.25, 0.3) is 0 Å². The van der Waals surface area contributed by atoms with Gasteiger partial charge in [-0.25, -0.2) is 0 Å². The third-order valence-electron chi connectivity index (χ3n) is 3.80. The number of rotatable bonds is 3. The summed E-state index contributed by atoms with van der Waals surface area (Å²) < 4.78 is 5.80. The number of ether oxygens (including phenoxy) is 1. The molecule has 0 bridgehead atoms. The summed E-state index contributed by atoms with van der Waals surface area (Å²) in [6.45, 7) is 5.02. The van der Waals surface area contributed by atoms with Gasteiger partial charge < -0.3 is 4.74 Å². The molecule has 1 saturated heterocycles. The van der Waals surface area contributed by atoms with Gasteiger partial charge in [-0.15, -0.1) is 0 Å². The Kier molecular flexibility index (Phi) is 3.73. The van der Waals surface area contributed by atoms with E-state index in [0.717, 1.165) is 25.9 Å². The molecule has 0 aromatic heterocycles. The average molecular weight is 243 g/mol. The van der Waals surface area contributed by atoms with Crippen molar-refractivity contribution in [3.63, 3.8) is 0 Å². The van der Waals surface area contributed by atoms with Gasteiger partial charge in [0, 0.05) is 13.0 Å². The molecule has 1 atom stereocenters. The fourth-order valence-electron chi connectivity index (χ4n) is 3.15. The second-order valence-corrected chi connectivity index (χ2v) is 6.03. The van der Waals surface area contributed by atoms with Gasteiger partial charge in [-0.2, -0.15) is 5.26 Å². The molecule has 2 nitrogen and oxygen atoms in total. The van der Waals surface area contributed by atoms with E-state index in [2.05, 4.69) is 44.2 Å². The highest BCUT2D eigenvalue weighted by molar-refractivity contribution is 5.18. The molecule has 1 aliphatic rings. The number of hydrogen-bond acceptors (Lipinski definition) is 2. The molecule has 2 heteroatoms. The topological polar surface area (TPSA) is 33.0 Å². The van der Waals surface area contributed by atoms with Crippen molar-refractivity contribution in [2.24, 2.45) is 5.41 Å². The van der Waals surface area contributed by atoms with Gasteiger partial charge in [-0.05, 0) is 44.1 Å². The summed E-state index contributed by atoms with van der Waals surface area (Å²) in [6.07, 6.45) is 3.55. The van der Waals surface area contributed by atoms with Crippen molar-refractivity contribution in [3.05, 3.63) is 35.9 Å². The van der Waals surface area contributed by atoms with Crippen LogP contribution < -0.4 is 0 Å². The Balaban J connectivity index is 2.19. The summed E-state index contributed by atoms with van der Waals surface area (Å²) >= 11 is 0. The molecule has 1 heterocycles. The predicted octanol–water partition coefficient (Wildman–Crippen LogP) is 3.72. The van der Waals surface area contributed by atoms with E-state index in [0.29, 0.717) is 6.42 Å². The van der Waals surface area contributed by atoms with Crippen LogP contribution in [0.1, 0.15) is 38.7 Å². The number of nitrogens with zero attached hydrogens (tertiary/aromatic N) is 1. The maximum absolute atomic E-state index is 9.14. The van der Waals surface area contributed by atoms with E-state index in [-0.39, 0.29) is 11.0 Å². The fourth-order valence-corrected chi connectivity index (χ4v) is 3.15. The van der Waals surface area contributed by atoms with Crippen LogP contribution in [0.15, 0.2) is 30.3 Å². The Bertz CT molecular complexity index is 432. The van der Waals surface area contributed by atoms with E-state index < -0.39 is 0 Å². The van der Waals surface area contributed by atoms with E-state index >= 15 is 0 Å². The highest BCUT2D eigenvalue weighted by atomic mass is 16.5. The maximum Gasteiger partial charge on any atom is 0.0632 e. The Labute approximate surface area is 110 Å². The Morgan fingerprint density at radius 2 is 2.00 bits per heavy atom. The van der Waals surface area contributed by atoms with Gasteiger partial charge in [0.05, 0.1) is 11.7 Å². The van der Waals surface area contributed by atoms with E-state index in [9.17, 15) is 0 Å². The predicted molar refractivity (Wildman–Crippen MR) is 72.1 cm³/mol. The molecule has 0 unspecified atom stereocenters. The summed E-state index contributed by atoms with van der Waals surface area (Å²) in [5.74, 6) is 0. The third kappa shape index (κ3) is 3.11. The second-order valence-electron chi connectivity index (χ2n) is 6.03. The van der Waals surface area contributed by atoms with E-state index in [1.165, 1.54) is 5.56 Å². The molecule has 0 spiro atoms. The van der Waals surface area contributed by atoms with Crippen LogP contribution in [0.2, 0.25) is 0 Å². The maximum atomic E-state index is 9.14. The van der Waals surface area contributed by atoms with Crippen LogP contribution in [0.4, 0.5) is 0 Å². The molecule has 96 valence electrons. The van der Waals surface area contributed by atoms with Crippen molar-refractivity contribution in [2.45, 2.75) is 45.1 Å². The molecule has 0 saturated carbocycles. The van der Waals surface area contributed by atoms with Crippen LogP contribution in [-0.2, 0) is 11.2 Å². The first kappa shape index (κ1) is 13.1. The van der Waals surface area contributed by atoms with E-state index in [1.807, 2.05) is 6.07 Å². The minimum atomic E-state index is -0.107. The first-order chi connectivity index (χ1) is 8.55. The molecule has 1 aromatic rings. The Morgan fingerprint density at radius 3 is 2.61 bits per heavy atom. The molecule has 0 amide bonds. The summed E-state index contributed by atoms with van der Waals surface area (Å²) in [6, 6.07) is 12.9. The zero-order valence-corrected chi connectivity index (χ0v) is 11.3. The third-order valence-corrected chi connectivity index (χ3v) is 3.80. The van der Waals surface area contributed by atoms with Gasteiger partial charge in [-0.3, -0.25) is 0 Å². The van der Waals surface area contributed by atoms with Gasteiger partial charge in [-0.1, -0.05) is 30.3 Å². The second kappa shape index (κ2) is 5.12. The van der Waals surface area contributed by atoms with Crippen molar-refractivity contribution in [1.82, 2.24) is 0 Å². The fraction of sp³-hybridized carbons (Fsp3) is 0.562. The first-order valence-electron chi connectivity index (χ1n) is 6.60. The van der Waals surface area contributed by atoms with Crippen molar-refractivity contribution < 1.29 is 4.74 Å². The Morgan fingerprint density at radius 1 is 1.28 bits per heavy atom. The molecule has 1 aliphatic heterocycles. The summed E-state index contributed by atoms with van der Waals surface area (Å²) in [4.78, 5) is 0. The highest BCUT2D eigenvalue weighted by Crippen LogP contribution is 2.43. The van der Waals surface area contributed by atoms with Gasteiger partial charge >= 0.3 is 0 Å². The summed E-state index contributed by atoms with van der Waals surface area (Å²) in [5, 5.41) is 9.14. The molecule has 1 fully saturated rings. The zero-order valence-electron chi connectivity index (χ0n) is 11.3. The molecular formula is C16H21NO. The standard InChI is InChI=1S/C16H21NO/c1-15(2)13-16(8-10-17,9-11-18-15)12-14-6-4-3-5-7-14/h3-7H,8-9,11-13H2,1-2H3/t16-/m1/s1. The molecule has 2 rings (SSSR count). The monoisotopic (exact) mass is 243 g/mol. The van der Waals surface area contributed by atoms with Gasteiger partial charge in [0.15, 0.2) is 0 Å². The number of nitriles is 1. The highest BCUT2D eigenvalue weighted by Gasteiger charge is 2.40. The van der Waals surface area contributed by atoms with E-state index in [4.69, 9.17) is 10.00 Å². The minimum Gasteiger partial charge on any atom is -0.376 e. The molecule has 0 N–H and O–H groups in total. The summed E-state index contributed by atoms with van der Waals surface area (Å²) in [7, 11) is 0. The number of benzene rings is 1.